The first kappa shape index (κ1) is 17.6. The van der Waals surface area contributed by atoms with E-state index in [-0.39, 0.29) is 0 Å². The van der Waals surface area contributed by atoms with Gasteiger partial charge in [-0.3, -0.25) is 4.79 Å². The maximum absolute atomic E-state index is 12.5. The van der Waals surface area contributed by atoms with Crippen molar-refractivity contribution in [2.75, 3.05) is 49.1 Å². The second-order valence-electron chi connectivity index (χ2n) is 7.97. The third-order valence-corrected chi connectivity index (χ3v) is 6.21. The zero-order valence-electron chi connectivity index (χ0n) is 15.8. The summed E-state index contributed by atoms with van der Waals surface area (Å²) >= 11 is 0. The Bertz CT molecular complexity index is 602. The highest BCUT2D eigenvalue weighted by Crippen LogP contribution is 2.29. The van der Waals surface area contributed by atoms with Crippen molar-refractivity contribution in [2.45, 2.75) is 51.4 Å². The molecule has 26 heavy (non-hydrogen) atoms. The lowest BCUT2D eigenvalue weighted by atomic mass is 10.0. The molecular formula is C20H31N5O. The minimum atomic E-state index is 0.344. The van der Waals surface area contributed by atoms with Crippen LogP contribution in [0.15, 0.2) is 12.3 Å². The third kappa shape index (κ3) is 4.10. The molecule has 142 valence electrons. The predicted molar refractivity (Wildman–Crippen MR) is 103 cm³/mol. The van der Waals surface area contributed by atoms with Gasteiger partial charge in [-0.15, -0.1) is 0 Å². The Hall–Kier alpha value is -1.85. The van der Waals surface area contributed by atoms with Gasteiger partial charge >= 0.3 is 0 Å². The number of hydrogen-bond acceptors (Lipinski definition) is 5. The van der Waals surface area contributed by atoms with Gasteiger partial charge in [0.1, 0.15) is 5.82 Å². The summed E-state index contributed by atoms with van der Waals surface area (Å²) in [6.45, 7) is 5.48. The fourth-order valence-electron chi connectivity index (χ4n) is 4.55. The van der Waals surface area contributed by atoms with Gasteiger partial charge in [-0.05, 0) is 31.2 Å². The number of amides is 1. The summed E-state index contributed by atoms with van der Waals surface area (Å²) in [5, 5.41) is 0. The van der Waals surface area contributed by atoms with Crippen molar-refractivity contribution < 1.29 is 4.79 Å². The number of anilines is 2. The Morgan fingerprint density at radius 3 is 2.42 bits per heavy atom. The minimum absolute atomic E-state index is 0.344. The van der Waals surface area contributed by atoms with E-state index in [1.807, 2.05) is 17.2 Å². The quantitative estimate of drug-likeness (QED) is 0.811. The van der Waals surface area contributed by atoms with Crippen molar-refractivity contribution in [3.8, 4) is 0 Å². The molecule has 0 atom stereocenters. The smallest absolute Gasteiger partial charge is 0.227 e. The van der Waals surface area contributed by atoms with Crippen LogP contribution in [0, 0.1) is 5.92 Å². The lowest BCUT2D eigenvalue weighted by Crippen LogP contribution is -2.49. The highest BCUT2D eigenvalue weighted by molar-refractivity contribution is 5.76. The lowest BCUT2D eigenvalue weighted by Gasteiger charge is -2.35. The van der Waals surface area contributed by atoms with E-state index in [2.05, 4.69) is 14.8 Å². The summed E-state index contributed by atoms with van der Waals surface area (Å²) in [5.74, 6) is 3.00. The van der Waals surface area contributed by atoms with E-state index in [1.54, 1.807) is 0 Å². The van der Waals surface area contributed by atoms with E-state index in [0.29, 0.717) is 5.91 Å². The van der Waals surface area contributed by atoms with Gasteiger partial charge in [-0.2, -0.15) is 4.98 Å². The average Bonchev–Trinajstić information content (AvgIpc) is 3.40. The van der Waals surface area contributed by atoms with E-state index in [1.165, 1.54) is 38.5 Å². The van der Waals surface area contributed by atoms with Crippen molar-refractivity contribution in [1.29, 1.82) is 0 Å². The van der Waals surface area contributed by atoms with E-state index in [4.69, 9.17) is 4.98 Å². The van der Waals surface area contributed by atoms with Crippen LogP contribution in [-0.2, 0) is 4.79 Å². The zero-order valence-corrected chi connectivity index (χ0v) is 15.8. The van der Waals surface area contributed by atoms with Gasteiger partial charge in [0.2, 0.25) is 11.9 Å². The van der Waals surface area contributed by atoms with Crippen LogP contribution >= 0.6 is 0 Å². The van der Waals surface area contributed by atoms with Crippen LogP contribution in [0.25, 0.3) is 0 Å². The fraction of sp³-hybridized carbons (Fsp3) is 0.750. The molecule has 0 radical (unpaired) electrons. The van der Waals surface area contributed by atoms with E-state index in [0.717, 1.165) is 69.8 Å². The van der Waals surface area contributed by atoms with Crippen LogP contribution in [-0.4, -0.2) is 60.0 Å². The van der Waals surface area contributed by atoms with Gasteiger partial charge in [0.15, 0.2) is 0 Å². The molecule has 0 unspecified atom stereocenters. The van der Waals surface area contributed by atoms with Gasteiger partial charge in [-0.1, -0.05) is 25.7 Å². The molecule has 1 saturated carbocycles. The first-order valence-electron chi connectivity index (χ1n) is 10.4. The lowest BCUT2D eigenvalue weighted by molar-refractivity contribution is -0.131. The molecule has 0 spiro atoms. The summed E-state index contributed by atoms with van der Waals surface area (Å²) in [4.78, 5) is 28.3. The molecule has 1 aromatic heterocycles. The van der Waals surface area contributed by atoms with Gasteiger partial charge in [-0.25, -0.2) is 4.98 Å². The van der Waals surface area contributed by atoms with Crippen LogP contribution in [0.5, 0.6) is 0 Å². The fourth-order valence-corrected chi connectivity index (χ4v) is 4.55. The second kappa shape index (κ2) is 8.23. The van der Waals surface area contributed by atoms with Crippen LogP contribution in [0.3, 0.4) is 0 Å². The van der Waals surface area contributed by atoms with Gasteiger partial charge < -0.3 is 14.7 Å². The Labute approximate surface area is 156 Å². The molecule has 3 aliphatic rings. The van der Waals surface area contributed by atoms with Crippen molar-refractivity contribution in [1.82, 2.24) is 14.9 Å². The van der Waals surface area contributed by atoms with Crippen molar-refractivity contribution in [3.05, 3.63) is 12.3 Å². The maximum Gasteiger partial charge on any atom is 0.227 e. The first-order chi connectivity index (χ1) is 12.8. The molecule has 3 fully saturated rings. The number of carbonyl (C=O) groups excluding carboxylic acids is 1. The SMILES string of the molecule is O=C(CCC1CCCC1)N1CCN(c2ccnc(N3CCCC3)n2)CC1. The molecule has 6 heteroatoms. The number of nitrogens with zero attached hydrogens (tertiary/aromatic N) is 5. The van der Waals surface area contributed by atoms with Crippen LogP contribution in [0.2, 0.25) is 0 Å². The zero-order chi connectivity index (χ0) is 17.8. The topological polar surface area (TPSA) is 52.6 Å². The highest BCUT2D eigenvalue weighted by atomic mass is 16.2. The number of piperazine rings is 1. The molecule has 1 amide bonds. The van der Waals surface area contributed by atoms with E-state index >= 15 is 0 Å². The summed E-state index contributed by atoms with van der Waals surface area (Å²) in [6.07, 6.45) is 11.5. The van der Waals surface area contributed by atoms with Crippen molar-refractivity contribution in [2.24, 2.45) is 5.92 Å². The molecule has 0 aromatic carbocycles. The number of aromatic nitrogens is 2. The first-order valence-corrected chi connectivity index (χ1v) is 10.4. The maximum atomic E-state index is 12.5. The standard InChI is InChI=1S/C20H31N5O/c26-19(8-7-17-5-1-2-6-17)24-15-13-23(14-16-24)18-9-10-21-20(22-18)25-11-3-4-12-25/h9-10,17H,1-8,11-16H2. The average molecular weight is 358 g/mol. The molecule has 6 nitrogen and oxygen atoms in total. The van der Waals surface area contributed by atoms with E-state index < -0.39 is 0 Å². The molecule has 4 rings (SSSR count). The number of hydrogen-bond donors (Lipinski definition) is 0. The number of rotatable bonds is 5. The summed E-state index contributed by atoms with van der Waals surface area (Å²) in [7, 11) is 0. The largest absolute Gasteiger partial charge is 0.353 e. The number of carbonyl (C=O) groups is 1. The summed E-state index contributed by atoms with van der Waals surface area (Å²) < 4.78 is 0. The Morgan fingerprint density at radius 1 is 0.962 bits per heavy atom. The van der Waals surface area contributed by atoms with Crippen molar-refractivity contribution >= 4 is 17.7 Å². The molecule has 1 aromatic rings. The van der Waals surface area contributed by atoms with Crippen LogP contribution in [0.4, 0.5) is 11.8 Å². The van der Waals surface area contributed by atoms with Gasteiger partial charge in [0.25, 0.3) is 0 Å². The van der Waals surface area contributed by atoms with E-state index in [9.17, 15) is 4.79 Å². The monoisotopic (exact) mass is 357 g/mol. The Balaban J connectivity index is 1.27. The molecule has 3 heterocycles. The molecule has 2 aliphatic heterocycles. The molecule has 2 saturated heterocycles. The second-order valence-corrected chi connectivity index (χ2v) is 7.97. The predicted octanol–water partition coefficient (Wildman–Crippen LogP) is 2.70. The minimum Gasteiger partial charge on any atom is -0.353 e. The highest BCUT2D eigenvalue weighted by Gasteiger charge is 2.24. The third-order valence-electron chi connectivity index (χ3n) is 6.21. The Morgan fingerprint density at radius 2 is 1.69 bits per heavy atom. The molecule has 1 aliphatic carbocycles. The molecular weight excluding hydrogens is 326 g/mol. The summed E-state index contributed by atoms with van der Waals surface area (Å²) in [6, 6.07) is 2.00. The normalized spacial score (nSPS) is 21.6. The Kier molecular flexibility index (Phi) is 5.56. The van der Waals surface area contributed by atoms with Gasteiger partial charge in [0, 0.05) is 51.9 Å². The van der Waals surface area contributed by atoms with Crippen molar-refractivity contribution in [3.63, 3.8) is 0 Å². The summed E-state index contributed by atoms with van der Waals surface area (Å²) in [5.41, 5.74) is 0. The molecule has 0 bridgehead atoms. The van der Waals surface area contributed by atoms with Gasteiger partial charge in [0.05, 0.1) is 0 Å². The van der Waals surface area contributed by atoms with Crippen LogP contribution < -0.4 is 9.80 Å². The molecule has 0 N–H and O–H groups in total. The van der Waals surface area contributed by atoms with Crippen LogP contribution in [0.1, 0.15) is 51.4 Å².